The predicted molar refractivity (Wildman–Crippen MR) is 90.1 cm³/mol. The molecule has 108 valence electrons. The van der Waals surface area contributed by atoms with E-state index in [0.29, 0.717) is 22.5 Å². The van der Waals surface area contributed by atoms with Gasteiger partial charge in [0, 0.05) is 20.8 Å². The van der Waals surface area contributed by atoms with Crippen LogP contribution in [0, 0.1) is 6.92 Å². The molecule has 0 radical (unpaired) electrons. The zero-order valence-electron chi connectivity index (χ0n) is 11.7. The Hall–Kier alpha value is -2.33. The van der Waals surface area contributed by atoms with Gasteiger partial charge in [-0.05, 0) is 25.1 Å². The largest absolute Gasteiger partial charge is 0.460 e. The minimum absolute atomic E-state index is 0.375. The lowest BCUT2D eigenvalue weighted by Gasteiger charge is -2.00. The second-order valence-electron chi connectivity index (χ2n) is 5.13. The Labute approximate surface area is 134 Å². The van der Waals surface area contributed by atoms with Crippen molar-refractivity contribution in [2.75, 3.05) is 0 Å². The lowest BCUT2D eigenvalue weighted by atomic mass is 10.1. The molecule has 0 fully saturated rings. The van der Waals surface area contributed by atoms with Gasteiger partial charge in [-0.1, -0.05) is 46.3 Å². The third-order valence-corrected chi connectivity index (χ3v) is 4.23. The number of fused-ring (bicyclic) bond motifs is 3. The topological polar surface area (TPSA) is 43.4 Å². The van der Waals surface area contributed by atoms with Gasteiger partial charge in [-0.3, -0.25) is 0 Å². The van der Waals surface area contributed by atoms with Gasteiger partial charge in [0.05, 0.1) is 0 Å². The Morgan fingerprint density at radius 1 is 0.955 bits per heavy atom. The van der Waals surface area contributed by atoms with Crippen molar-refractivity contribution in [2.45, 2.75) is 6.92 Å². The molecule has 2 heterocycles. The highest BCUT2D eigenvalue weighted by atomic mass is 79.9. The summed E-state index contributed by atoms with van der Waals surface area (Å²) >= 11 is 3.46. The van der Waals surface area contributed by atoms with Crippen LogP contribution >= 0.6 is 15.9 Å². The second kappa shape index (κ2) is 4.85. The normalized spacial score (nSPS) is 11.4. The fraction of sp³-hybridized carbons (Fsp3) is 0.0556. The van der Waals surface area contributed by atoms with Gasteiger partial charge < -0.3 is 8.83 Å². The van der Waals surface area contributed by atoms with E-state index >= 15 is 0 Å². The summed E-state index contributed by atoms with van der Waals surface area (Å²) < 4.78 is 12.3. The lowest BCUT2D eigenvalue weighted by molar-refractivity contribution is 0.550. The fourth-order valence-electron chi connectivity index (χ4n) is 2.79. The maximum absolute atomic E-state index is 12.4. The van der Waals surface area contributed by atoms with Crippen LogP contribution < -0.4 is 5.63 Å². The Morgan fingerprint density at radius 3 is 2.50 bits per heavy atom. The van der Waals surface area contributed by atoms with E-state index in [-0.39, 0.29) is 5.63 Å². The average Bonchev–Trinajstić information content (AvgIpc) is 2.88. The maximum atomic E-state index is 12.4. The van der Waals surface area contributed by atoms with Crippen molar-refractivity contribution in [2.24, 2.45) is 0 Å². The fourth-order valence-corrected chi connectivity index (χ4v) is 3.16. The number of furan rings is 1. The van der Waals surface area contributed by atoms with Crippen molar-refractivity contribution in [3.8, 4) is 11.3 Å². The van der Waals surface area contributed by atoms with Crippen LogP contribution in [-0.2, 0) is 0 Å². The van der Waals surface area contributed by atoms with E-state index in [0.717, 1.165) is 20.8 Å². The van der Waals surface area contributed by atoms with E-state index in [1.54, 1.807) is 6.07 Å². The van der Waals surface area contributed by atoms with Crippen LogP contribution in [0.15, 0.2) is 66.6 Å². The van der Waals surface area contributed by atoms with Gasteiger partial charge in [0.15, 0.2) is 0 Å². The predicted octanol–water partition coefficient (Wildman–Crippen LogP) is 5.28. The summed E-state index contributed by atoms with van der Waals surface area (Å²) in [6, 6.07) is 15.2. The summed E-state index contributed by atoms with van der Waals surface area (Å²) in [5.41, 5.74) is 1.05. The molecule has 0 bridgehead atoms. The minimum atomic E-state index is -0.375. The monoisotopic (exact) mass is 354 g/mol. The molecule has 0 saturated heterocycles. The van der Waals surface area contributed by atoms with Crippen molar-refractivity contribution >= 4 is 37.7 Å². The molecule has 2 aromatic heterocycles. The molecule has 0 saturated carbocycles. The number of halogens is 1. The molecule has 0 aliphatic rings. The van der Waals surface area contributed by atoms with Crippen molar-refractivity contribution in [3.05, 3.63) is 69.2 Å². The van der Waals surface area contributed by atoms with E-state index in [9.17, 15) is 4.79 Å². The third kappa shape index (κ3) is 1.91. The van der Waals surface area contributed by atoms with E-state index < -0.39 is 0 Å². The summed E-state index contributed by atoms with van der Waals surface area (Å²) in [4.78, 5) is 12.4. The first kappa shape index (κ1) is 13.3. The highest BCUT2D eigenvalue weighted by molar-refractivity contribution is 9.10. The van der Waals surface area contributed by atoms with Crippen LogP contribution in [0.1, 0.15) is 5.76 Å². The summed E-state index contributed by atoms with van der Waals surface area (Å²) in [6.07, 6.45) is 0. The zero-order chi connectivity index (χ0) is 15.3. The molecule has 0 atom stereocenters. The minimum Gasteiger partial charge on any atom is -0.460 e. The molecule has 2 aromatic carbocycles. The molecule has 0 aliphatic carbocycles. The van der Waals surface area contributed by atoms with Gasteiger partial charge in [0.25, 0.3) is 0 Å². The van der Waals surface area contributed by atoms with E-state index in [2.05, 4.69) is 15.9 Å². The van der Waals surface area contributed by atoms with Gasteiger partial charge in [-0.2, -0.15) is 0 Å². The summed E-state index contributed by atoms with van der Waals surface area (Å²) in [5, 5.41) is 2.17. The first-order chi connectivity index (χ1) is 10.6. The van der Waals surface area contributed by atoms with E-state index in [1.165, 1.54) is 0 Å². The number of hydrogen-bond donors (Lipinski definition) is 0. The van der Waals surface area contributed by atoms with Crippen LogP contribution in [0.25, 0.3) is 33.1 Å². The molecular formula is C18H11BrO3. The first-order valence-corrected chi connectivity index (χ1v) is 7.65. The molecule has 0 amide bonds. The van der Waals surface area contributed by atoms with Gasteiger partial charge in [-0.25, -0.2) is 4.79 Å². The number of hydrogen-bond acceptors (Lipinski definition) is 3. The van der Waals surface area contributed by atoms with Crippen LogP contribution in [0.5, 0.6) is 0 Å². The highest BCUT2D eigenvalue weighted by Crippen LogP contribution is 2.36. The Balaban J connectivity index is 2.21. The molecule has 0 aliphatic heterocycles. The summed E-state index contributed by atoms with van der Waals surface area (Å²) in [7, 11) is 0. The Morgan fingerprint density at radius 2 is 1.73 bits per heavy atom. The first-order valence-electron chi connectivity index (χ1n) is 6.86. The van der Waals surface area contributed by atoms with Crippen molar-refractivity contribution in [1.82, 2.24) is 0 Å². The number of benzene rings is 2. The van der Waals surface area contributed by atoms with Crippen LogP contribution in [0.3, 0.4) is 0 Å². The Kier molecular flexibility index (Phi) is 2.94. The number of rotatable bonds is 1. The summed E-state index contributed by atoms with van der Waals surface area (Å²) in [6.45, 7) is 1.87. The second-order valence-corrected chi connectivity index (χ2v) is 6.05. The quantitative estimate of drug-likeness (QED) is 0.437. The molecule has 0 unspecified atom stereocenters. The molecule has 0 spiro atoms. The lowest BCUT2D eigenvalue weighted by Crippen LogP contribution is -1.99. The van der Waals surface area contributed by atoms with Crippen LogP contribution in [-0.4, -0.2) is 0 Å². The van der Waals surface area contributed by atoms with E-state index in [1.807, 2.05) is 49.4 Å². The summed E-state index contributed by atoms with van der Waals surface area (Å²) in [5.74, 6) is 1.27. The standard InChI is InChI=1S/C18H11BrO3/c1-10-15-13-9-12(19)7-8-14(13)22-18(20)16(15)17(21-10)11-5-3-2-4-6-11/h2-9H,1H3. The molecular weight excluding hydrogens is 344 g/mol. The molecule has 0 N–H and O–H groups in total. The molecule has 4 heteroatoms. The smallest absolute Gasteiger partial charge is 0.348 e. The Bertz CT molecular complexity index is 1060. The average molecular weight is 355 g/mol. The molecule has 4 rings (SSSR count). The van der Waals surface area contributed by atoms with Gasteiger partial charge >= 0.3 is 5.63 Å². The van der Waals surface area contributed by atoms with Gasteiger partial charge in [0.2, 0.25) is 0 Å². The van der Waals surface area contributed by atoms with Crippen LogP contribution in [0.2, 0.25) is 0 Å². The van der Waals surface area contributed by atoms with Crippen LogP contribution in [0.4, 0.5) is 0 Å². The van der Waals surface area contributed by atoms with Crippen molar-refractivity contribution < 1.29 is 8.83 Å². The molecule has 4 aromatic rings. The SMILES string of the molecule is Cc1oc(-c2ccccc2)c2c(=O)oc3ccc(Br)cc3c12. The van der Waals surface area contributed by atoms with Gasteiger partial charge in [0.1, 0.15) is 22.5 Å². The maximum Gasteiger partial charge on any atom is 0.348 e. The molecule has 22 heavy (non-hydrogen) atoms. The van der Waals surface area contributed by atoms with Crippen molar-refractivity contribution in [3.63, 3.8) is 0 Å². The zero-order valence-corrected chi connectivity index (χ0v) is 13.3. The number of aryl methyl sites for hydroxylation is 1. The van der Waals surface area contributed by atoms with E-state index in [4.69, 9.17) is 8.83 Å². The molecule has 3 nitrogen and oxygen atoms in total. The highest BCUT2D eigenvalue weighted by Gasteiger charge is 2.19. The van der Waals surface area contributed by atoms with Crippen molar-refractivity contribution in [1.29, 1.82) is 0 Å². The van der Waals surface area contributed by atoms with Gasteiger partial charge in [-0.15, -0.1) is 0 Å². The third-order valence-electron chi connectivity index (χ3n) is 3.74.